The van der Waals surface area contributed by atoms with Crippen LogP contribution in [0, 0.1) is 0 Å². The molecule has 0 unspecified atom stereocenters. The Bertz CT molecular complexity index is 177. The normalized spacial score (nSPS) is 9.80. The Morgan fingerprint density at radius 2 is 2.60 bits per heavy atom. The zero-order valence-corrected chi connectivity index (χ0v) is 6.51. The highest BCUT2D eigenvalue weighted by atomic mass is 32.1. The van der Waals surface area contributed by atoms with Crippen LogP contribution in [0.15, 0.2) is 6.33 Å². The molecule has 56 valence electrons. The fourth-order valence-electron chi connectivity index (χ4n) is 0.581. The van der Waals surface area contributed by atoms with Gasteiger partial charge in [0.2, 0.25) is 5.13 Å². The molecule has 0 radical (unpaired) electrons. The SMILES string of the molecule is CN(CCO)c1ncns1. The van der Waals surface area contributed by atoms with E-state index >= 15 is 0 Å². The van der Waals surface area contributed by atoms with Crippen molar-refractivity contribution < 1.29 is 5.11 Å². The second-order valence-electron chi connectivity index (χ2n) is 1.87. The fraction of sp³-hybridized carbons (Fsp3) is 0.600. The van der Waals surface area contributed by atoms with Gasteiger partial charge in [0.15, 0.2) is 0 Å². The van der Waals surface area contributed by atoms with Crippen molar-refractivity contribution in [3.05, 3.63) is 6.33 Å². The van der Waals surface area contributed by atoms with Crippen molar-refractivity contribution in [2.24, 2.45) is 0 Å². The molecule has 0 aromatic carbocycles. The second kappa shape index (κ2) is 3.48. The summed E-state index contributed by atoms with van der Waals surface area (Å²) in [6.45, 7) is 0.755. The molecule has 0 aliphatic heterocycles. The molecule has 10 heavy (non-hydrogen) atoms. The van der Waals surface area contributed by atoms with Gasteiger partial charge >= 0.3 is 0 Å². The zero-order chi connectivity index (χ0) is 7.40. The van der Waals surface area contributed by atoms with Crippen LogP contribution in [0.5, 0.6) is 0 Å². The summed E-state index contributed by atoms with van der Waals surface area (Å²) in [5.74, 6) is 0. The van der Waals surface area contributed by atoms with Crippen molar-refractivity contribution >= 4 is 16.7 Å². The molecule has 5 heteroatoms. The number of rotatable bonds is 3. The summed E-state index contributed by atoms with van der Waals surface area (Å²) in [7, 11) is 1.87. The van der Waals surface area contributed by atoms with E-state index in [-0.39, 0.29) is 6.61 Å². The smallest absolute Gasteiger partial charge is 0.204 e. The summed E-state index contributed by atoms with van der Waals surface area (Å²) in [5, 5.41) is 9.39. The fourth-order valence-corrected chi connectivity index (χ4v) is 1.09. The molecule has 1 N–H and O–H groups in total. The summed E-state index contributed by atoms with van der Waals surface area (Å²) in [5.41, 5.74) is 0. The van der Waals surface area contributed by atoms with Crippen molar-refractivity contribution in [3.63, 3.8) is 0 Å². The number of hydrogen-bond acceptors (Lipinski definition) is 5. The predicted molar refractivity (Wildman–Crippen MR) is 40.3 cm³/mol. The molecule has 0 spiro atoms. The molecule has 4 nitrogen and oxygen atoms in total. The third kappa shape index (κ3) is 1.65. The van der Waals surface area contributed by atoms with Crippen LogP contribution in [-0.2, 0) is 0 Å². The molecule has 1 rings (SSSR count). The van der Waals surface area contributed by atoms with Gasteiger partial charge in [0.1, 0.15) is 6.33 Å². The molecule has 0 saturated heterocycles. The highest BCUT2D eigenvalue weighted by Gasteiger charge is 2.00. The maximum absolute atomic E-state index is 8.55. The summed E-state index contributed by atoms with van der Waals surface area (Å²) in [6.07, 6.45) is 1.51. The molecule has 1 aromatic heterocycles. The van der Waals surface area contributed by atoms with Gasteiger partial charge in [0.05, 0.1) is 6.61 Å². The van der Waals surface area contributed by atoms with Crippen LogP contribution in [0.1, 0.15) is 0 Å². The van der Waals surface area contributed by atoms with Gasteiger partial charge in [0.25, 0.3) is 0 Å². The topological polar surface area (TPSA) is 49.2 Å². The molecule has 0 saturated carbocycles. The molecule has 1 aromatic rings. The third-order valence-corrected chi connectivity index (χ3v) is 1.89. The number of likely N-dealkylation sites (N-methyl/N-ethyl adjacent to an activating group) is 1. The zero-order valence-electron chi connectivity index (χ0n) is 5.69. The maximum Gasteiger partial charge on any atom is 0.204 e. The van der Waals surface area contributed by atoms with Crippen LogP contribution in [0.25, 0.3) is 0 Å². The summed E-state index contributed by atoms with van der Waals surface area (Å²) in [4.78, 5) is 5.82. The molecule has 0 amide bonds. The minimum absolute atomic E-state index is 0.149. The van der Waals surface area contributed by atoms with Gasteiger partial charge in [0, 0.05) is 25.1 Å². The Balaban J connectivity index is 2.50. The molecular weight excluding hydrogens is 150 g/mol. The summed E-state index contributed by atoms with van der Waals surface area (Å²) >= 11 is 1.32. The standard InChI is InChI=1S/C5H9N3OS/c1-8(2-3-9)5-6-4-7-10-5/h4,9H,2-3H2,1H3. The van der Waals surface area contributed by atoms with Gasteiger partial charge in [-0.2, -0.15) is 4.37 Å². The minimum atomic E-state index is 0.149. The lowest BCUT2D eigenvalue weighted by Crippen LogP contribution is -2.20. The Morgan fingerprint density at radius 1 is 1.80 bits per heavy atom. The quantitative estimate of drug-likeness (QED) is 0.672. The van der Waals surface area contributed by atoms with Gasteiger partial charge in [-0.15, -0.1) is 0 Å². The van der Waals surface area contributed by atoms with E-state index < -0.39 is 0 Å². The van der Waals surface area contributed by atoms with E-state index in [4.69, 9.17) is 5.11 Å². The Labute approximate surface area is 63.3 Å². The van der Waals surface area contributed by atoms with E-state index in [1.807, 2.05) is 11.9 Å². The van der Waals surface area contributed by atoms with Gasteiger partial charge < -0.3 is 10.0 Å². The monoisotopic (exact) mass is 159 g/mol. The molecular formula is C5H9N3OS. The lowest BCUT2D eigenvalue weighted by Gasteiger charge is -2.11. The number of aromatic nitrogens is 2. The van der Waals surface area contributed by atoms with Crippen molar-refractivity contribution in [1.82, 2.24) is 9.36 Å². The number of aliphatic hydroxyl groups excluding tert-OH is 1. The number of nitrogens with zero attached hydrogens (tertiary/aromatic N) is 3. The maximum atomic E-state index is 8.55. The molecule has 0 aliphatic rings. The van der Waals surface area contributed by atoms with Crippen molar-refractivity contribution in [1.29, 1.82) is 0 Å². The largest absolute Gasteiger partial charge is 0.395 e. The van der Waals surface area contributed by atoms with E-state index in [9.17, 15) is 0 Å². The van der Waals surface area contributed by atoms with Crippen LogP contribution in [0.4, 0.5) is 5.13 Å². The third-order valence-electron chi connectivity index (χ3n) is 1.11. The van der Waals surface area contributed by atoms with Crippen molar-refractivity contribution in [2.75, 3.05) is 25.1 Å². The van der Waals surface area contributed by atoms with E-state index in [1.54, 1.807) is 0 Å². The van der Waals surface area contributed by atoms with Gasteiger partial charge in [-0.05, 0) is 0 Å². The van der Waals surface area contributed by atoms with E-state index in [1.165, 1.54) is 17.9 Å². The van der Waals surface area contributed by atoms with E-state index in [0.717, 1.165) is 5.13 Å². The first-order valence-electron chi connectivity index (χ1n) is 2.93. The molecule has 0 aliphatic carbocycles. The van der Waals surface area contributed by atoms with E-state index in [2.05, 4.69) is 9.36 Å². The molecule has 0 fully saturated rings. The van der Waals surface area contributed by atoms with E-state index in [0.29, 0.717) is 6.54 Å². The van der Waals surface area contributed by atoms with Gasteiger partial charge in [-0.1, -0.05) is 0 Å². The van der Waals surface area contributed by atoms with Crippen LogP contribution < -0.4 is 4.90 Å². The van der Waals surface area contributed by atoms with Gasteiger partial charge in [-0.3, -0.25) is 0 Å². The molecule has 0 bridgehead atoms. The number of aliphatic hydroxyl groups is 1. The lowest BCUT2D eigenvalue weighted by molar-refractivity contribution is 0.304. The van der Waals surface area contributed by atoms with Crippen LogP contribution in [0.3, 0.4) is 0 Å². The van der Waals surface area contributed by atoms with Crippen LogP contribution >= 0.6 is 11.5 Å². The van der Waals surface area contributed by atoms with Crippen LogP contribution in [0.2, 0.25) is 0 Å². The predicted octanol–water partition coefficient (Wildman–Crippen LogP) is -0.0334. The summed E-state index contributed by atoms with van der Waals surface area (Å²) < 4.78 is 3.83. The number of hydrogen-bond donors (Lipinski definition) is 1. The Kier molecular flexibility index (Phi) is 2.58. The molecule has 0 atom stereocenters. The van der Waals surface area contributed by atoms with Gasteiger partial charge in [-0.25, -0.2) is 4.98 Å². The average molecular weight is 159 g/mol. The first-order chi connectivity index (χ1) is 4.84. The van der Waals surface area contributed by atoms with Crippen molar-refractivity contribution in [2.45, 2.75) is 0 Å². The number of anilines is 1. The van der Waals surface area contributed by atoms with Crippen LogP contribution in [-0.4, -0.2) is 34.7 Å². The Morgan fingerprint density at radius 3 is 3.10 bits per heavy atom. The second-order valence-corrected chi connectivity index (χ2v) is 2.63. The average Bonchev–Trinajstić information content (AvgIpc) is 2.38. The first kappa shape index (κ1) is 7.43. The lowest BCUT2D eigenvalue weighted by atomic mass is 10.6. The highest BCUT2D eigenvalue weighted by Crippen LogP contribution is 2.10. The summed E-state index contributed by atoms with van der Waals surface area (Å²) in [6, 6.07) is 0. The van der Waals surface area contributed by atoms with Crippen molar-refractivity contribution in [3.8, 4) is 0 Å². The minimum Gasteiger partial charge on any atom is -0.395 e. The highest BCUT2D eigenvalue weighted by molar-refractivity contribution is 7.09. The Hall–Kier alpha value is -0.680. The first-order valence-corrected chi connectivity index (χ1v) is 3.70. The molecule has 1 heterocycles.